The van der Waals surface area contributed by atoms with Gasteiger partial charge in [0.25, 0.3) is 11.8 Å². The summed E-state index contributed by atoms with van der Waals surface area (Å²) >= 11 is 11.9. The molecule has 0 unspecified atom stereocenters. The van der Waals surface area contributed by atoms with E-state index in [1.807, 2.05) is 42.5 Å². The lowest BCUT2D eigenvalue weighted by Gasteiger charge is -2.15. The minimum absolute atomic E-state index is 0.0788. The Hall–Kier alpha value is -2.30. The summed E-state index contributed by atoms with van der Waals surface area (Å²) in [5.74, 6) is -0.896. The Kier molecular flexibility index (Phi) is 4.88. The van der Waals surface area contributed by atoms with Gasteiger partial charge < -0.3 is 5.32 Å². The second-order valence-electron chi connectivity index (χ2n) is 5.35. The fraction of sp³-hybridized carbons (Fsp3) is 0.111. The predicted molar refractivity (Wildman–Crippen MR) is 93.2 cm³/mol. The third-order valence-electron chi connectivity index (χ3n) is 3.68. The van der Waals surface area contributed by atoms with E-state index in [1.165, 1.54) is 0 Å². The molecule has 0 spiro atoms. The van der Waals surface area contributed by atoms with Crippen molar-refractivity contribution < 1.29 is 9.59 Å². The van der Waals surface area contributed by atoms with E-state index in [9.17, 15) is 9.59 Å². The van der Waals surface area contributed by atoms with Gasteiger partial charge in [-0.05, 0) is 23.3 Å². The first-order valence-corrected chi connectivity index (χ1v) is 8.10. The molecule has 3 rings (SSSR count). The number of carbonyl (C=O) groups excluding carboxylic acids is 2. The van der Waals surface area contributed by atoms with Crippen LogP contribution in [-0.4, -0.2) is 16.7 Å². The molecule has 2 aromatic carbocycles. The second kappa shape index (κ2) is 7.07. The molecule has 122 valence electrons. The summed E-state index contributed by atoms with van der Waals surface area (Å²) < 4.78 is 0. The molecule has 0 aromatic heterocycles. The largest absolute Gasteiger partial charge is 0.375 e. The van der Waals surface area contributed by atoms with Gasteiger partial charge in [-0.3, -0.25) is 14.5 Å². The summed E-state index contributed by atoms with van der Waals surface area (Å²) in [6.45, 7) is 0.571. The highest BCUT2D eigenvalue weighted by molar-refractivity contribution is 6.47. The van der Waals surface area contributed by atoms with Crippen LogP contribution in [0, 0.1) is 0 Å². The van der Waals surface area contributed by atoms with Gasteiger partial charge in [-0.15, -0.1) is 0 Å². The van der Waals surface area contributed by atoms with Crippen molar-refractivity contribution in [3.8, 4) is 0 Å². The molecule has 2 amide bonds. The monoisotopic (exact) mass is 360 g/mol. The van der Waals surface area contributed by atoms with Crippen molar-refractivity contribution in [3.05, 3.63) is 81.5 Å². The molecule has 0 bridgehead atoms. The van der Waals surface area contributed by atoms with Crippen LogP contribution < -0.4 is 5.32 Å². The third kappa shape index (κ3) is 3.45. The average molecular weight is 361 g/mol. The Morgan fingerprint density at radius 3 is 2.17 bits per heavy atom. The molecule has 0 fully saturated rings. The maximum absolute atomic E-state index is 12.5. The summed E-state index contributed by atoms with van der Waals surface area (Å²) in [6.07, 6.45) is 0. The number of nitrogens with zero attached hydrogens (tertiary/aromatic N) is 1. The smallest absolute Gasteiger partial charge is 0.278 e. The first-order chi connectivity index (χ1) is 11.6. The van der Waals surface area contributed by atoms with Crippen LogP contribution in [0.3, 0.4) is 0 Å². The van der Waals surface area contributed by atoms with Gasteiger partial charge in [-0.1, -0.05) is 65.7 Å². The molecule has 2 aromatic rings. The molecule has 0 aliphatic carbocycles. The van der Waals surface area contributed by atoms with Gasteiger partial charge in [0.15, 0.2) is 0 Å². The number of benzene rings is 2. The van der Waals surface area contributed by atoms with E-state index in [4.69, 9.17) is 23.2 Å². The molecule has 1 heterocycles. The molecule has 1 aliphatic rings. The van der Waals surface area contributed by atoms with Crippen LogP contribution in [0.1, 0.15) is 11.1 Å². The van der Waals surface area contributed by atoms with Crippen molar-refractivity contribution in [3.63, 3.8) is 0 Å². The molecule has 1 aliphatic heterocycles. The number of amides is 2. The van der Waals surface area contributed by atoms with Gasteiger partial charge >= 0.3 is 0 Å². The normalized spacial score (nSPS) is 14.5. The lowest BCUT2D eigenvalue weighted by Crippen LogP contribution is -2.33. The van der Waals surface area contributed by atoms with Crippen LogP contribution in [0.4, 0.5) is 0 Å². The molecular weight excluding hydrogens is 347 g/mol. The van der Waals surface area contributed by atoms with E-state index < -0.39 is 11.8 Å². The Balaban J connectivity index is 1.70. The van der Waals surface area contributed by atoms with E-state index in [0.29, 0.717) is 11.6 Å². The molecule has 1 N–H and O–H groups in total. The SMILES string of the molecule is O=C1C(Cl)=C(NCc2ccc(Cl)cc2)C(=O)N1Cc1ccccc1. The Labute approximate surface area is 149 Å². The minimum atomic E-state index is -0.482. The summed E-state index contributed by atoms with van der Waals surface area (Å²) in [7, 11) is 0. The molecule has 4 nitrogen and oxygen atoms in total. The zero-order chi connectivity index (χ0) is 17.1. The second-order valence-corrected chi connectivity index (χ2v) is 6.17. The van der Waals surface area contributed by atoms with Crippen LogP contribution in [0.25, 0.3) is 0 Å². The first-order valence-electron chi connectivity index (χ1n) is 7.34. The van der Waals surface area contributed by atoms with Gasteiger partial charge in [0, 0.05) is 11.6 Å². The molecular formula is C18H14Cl2N2O2. The van der Waals surface area contributed by atoms with Crippen LogP contribution in [0.15, 0.2) is 65.3 Å². The summed E-state index contributed by atoms with van der Waals surface area (Å²) in [5, 5.41) is 3.51. The van der Waals surface area contributed by atoms with Crippen molar-refractivity contribution in [2.75, 3.05) is 0 Å². The predicted octanol–water partition coefficient (Wildman–Crippen LogP) is 3.45. The van der Waals surface area contributed by atoms with Crippen molar-refractivity contribution in [1.82, 2.24) is 10.2 Å². The fourth-order valence-electron chi connectivity index (χ4n) is 2.40. The zero-order valence-electron chi connectivity index (χ0n) is 12.6. The molecule has 0 atom stereocenters. The lowest BCUT2D eigenvalue weighted by molar-refractivity contribution is -0.138. The lowest BCUT2D eigenvalue weighted by atomic mass is 10.2. The van der Waals surface area contributed by atoms with Gasteiger partial charge in [0.2, 0.25) is 0 Å². The van der Waals surface area contributed by atoms with Crippen molar-refractivity contribution in [2.45, 2.75) is 13.1 Å². The third-order valence-corrected chi connectivity index (χ3v) is 4.28. The van der Waals surface area contributed by atoms with Gasteiger partial charge in [0.05, 0.1) is 6.54 Å². The quantitative estimate of drug-likeness (QED) is 0.830. The maximum Gasteiger partial charge on any atom is 0.278 e. The van der Waals surface area contributed by atoms with Gasteiger partial charge in [0.1, 0.15) is 10.7 Å². The van der Waals surface area contributed by atoms with Crippen LogP contribution in [0.2, 0.25) is 5.02 Å². The van der Waals surface area contributed by atoms with Crippen LogP contribution in [0.5, 0.6) is 0 Å². The highest BCUT2D eigenvalue weighted by Gasteiger charge is 2.37. The summed E-state index contributed by atoms with van der Waals surface area (Å²) in [4.78, 5) is 25.9. The topological polar surface area (TPSA) is 49.4 Å². The van der Waals surface area contributed by atoms with Gasteiger partial charge in [-0.25, -0.2) is 0 Å². The van der Waals surface area contributed by atoms with Crippen molar-refractivity contribution >= 4 is 35.0 Å². The van der Waals surface area contributed by atoms with Gasteiger partial charge in [-0.2, -0.15) is 0 Å². The molecule has 24 heavy (non-hydrogen) atoms. The van der Waals surface area contributed by atoms with E-state index in [1.54, 1.807) is 12.1 Å². The average Bonchev–Trinajstić information content (AvgIpc) is 2.79. The Bertz CT molecular complexity index is 802. The zero-order valence-corrected chi connectivity index (χ0v) is 14.1. The number of imide groups is 1. The van der Waals surface area contributed by atoms with E-state index in [2.05, 4.69) is 5.32 Å². The number of halogens is 2. The standard InChI is InChI=1S/C18H14Cl2N2O2/c19-14-8-6-12(7-9-14)10-21-16-15(20)17(23)22(18(16)24)11-13-4-2-1-3-5-13/h1-9,21H,10-11H2. The number of hydrogen-bond donors (Lipinski definition) is 1. The van der Waals surface area contributed by atoms with Crippen molar-refractivity contribution in [1.29, 1.82) is 0 Å². The molecule has 0 radical (unpaired) electrons. The van der Waals surface area contributed by atoms with Crippen LogP contribution >= 0.6 is 23.2 Å². The summed E-state index contributed by atoms with van der Waals surface area (Å²) in [6, 6.07) is 16.5. The molecule has 0 saturated carbocycles. The molecule has 6 heteroatoms. The Morgan fingerprint density at radius 1 is 0.833 bits per heavy atom. The maximum atomic E-state index is 12.5. The van der Waals surface area contributed by atoms with E-state index in [-0.39, 0.29) is 17.3 Å². The minimum Gasteiger partial charge on any atom is -0.375 e. The van der Waals surface area contributed by atoms with E-state index in [0.717, 1.165) is 16.0 Å². The highest BCUT2D eigenvalue weighted by Crippen LogP contribution is 2.24. The first kappa shape index (κ1) is 16.6. The molecule has 0 saturated heterocycles. The Morgan fingerprint density at radius 2 is 1.50 bits per heavy atom. The van der Waals surface area contributed by atoms with Crippen LogP contribution in [-0.2, 0) is 22.7 Å². The van der Waals surface area contributed by atoms with E-state index >= 15 is 0 Å². The number of rotatable bonds is 5. The highest BCUT2D eigenvalue weighted by atomic mass is 35.5. The number of carbonyl (C=O) groups is 2. The summed E-state index contributed by atoms with van der Waals surface area (Å²) in [5.41, 5.74) is 1.92. The van der Waals surface area contributed by atoms with Crippen molar-refractivity contribution in [2.24, 2.45) is 0 Å². The number of nitrogens with one attached hydrogen (secondary N) is 1. The fourth-order valence-corrected chi connectivity index (χ4v) is 2.78. The number of hydrogen-bond acceptors (Lipinski definition) is 3.